The van der Waals surface area contributed by atoms with Gasteiger partial charge in [-0.25, -0.2) is 4.79 Å². The third kappa shape index (κ3) is 8.44. The Morgan fingerprint density at radius 1 is 1.06 bits per heavy atom. The molecule has 0 bridgehead atoms. The molecule has 2 atom stereocenters. The monoisotopic (exact) mass is 431 g/mol. The van der Waals surface area contributed by atoms with E-state index in [9.17, 15) is 14.4 Å². The van der Waals surface area contributed by atoms with E-state index < -0.39 is 23.8 Å². The maximum atomic E-state index is 13.6. The number of nitrogens with zero attached hydrogens (tertiary/aromatic N) is 1. The average molecular weight is 432 g/mol. The van der Waals surface area contributed by atoms with Gasteiger partial charge in [0.25, 0.3) is 0 Å². The van der Waals surface area contributed by atoms with E-state index in [0.29, 0.717) is 5.56 Å². The Morgan fingerprint density at radius 2 is 1.65 bits per heavy atom. The minimum Gasteiger partial charge on any atom is -0.444 e. The molecule has 0 aliphatic carbocycles. The van der Waals surface area contributed by atoms with Gasteiger partial charge < -0.3 is 20.3 Å². The van der Waals surface area contributed by atoms with Gasteiger partial charge in [-0.15, -0.1) is 6.58 Å². The molecule has 3 amide bonds. The molecule has 1 rings (SSSR count). The van der Waals surface area contributed by atoms with Gasteiger partial charge in [-0.3, -0.25) is 9.59 Å². The predicted molar refractivity (Wildman–Crippen MR) is 122 cm³/mol. The van der Waals surface area contributed by atoms with E-state index in [1.807, 2.05) is 45.9 Å². The third-order valence-electron chi connectivity index (χ3n) is 4.32. The van der Waals surface area contributed by atoms with Crippen LogP contribution in [0.3, 0.4) is 0 Å². The summed E-state index contributed by atoms with van der Waals surface area (Å²) in [6.07, 6.45) is 0.891. The van der Waals surface area contributed by atoms with Crippen molar-refractivity contribution in [3.05, 3.63) is 48.6 Å². The molecule has 2 N–H and O–H groups in total. The zero-order valence-electron chi connectivity index (χ0n) is 19.8. The lowest BCUT2D eigenvalue weighted by molar-refractivity contribution is -0.142. The summed E-state index contributed by atoms with van der Waals surface area (Å²) in [7, 11) is 0. The fourth-order valence-electron chi connectivity index (χ4n) is 3.06. The van der Waals surface area contributed by atoms with Crippen LogP contribution in [0, 0.1) is 5.92 Å². The molecule has 0 saturated heterocycles. The summed E-state index contributed by atoms with van der Waals surface area (Å²) >= 11 is 0. The van der Waals surface area contributed by atoms with Crippen LogP contribution in [0.5, 0.6) is 0 Å². The van der Waals surface area contributed by atoms with Crippen LogP contribution < -0.4 is 10.6 Å². The van der Waals surface area contributed by atoms with E-state index in [0.717, 1.165) is 0 Å². The normalized spacial score (nSPS) is 13.3. The maximum absolute atomic E-state index is 13.6. The molecule has 1 aromatic carbocycles. The number of alkyl carbamates (subject to hydrolysis) is 1. The molecule has 0 aliphatic heterocycles. The molecule has 7 nitrogen and oxygen atoms in total. The number of amides is 3. The second-order valence-electron chi connectivity index (χ2n) is 9.12. The summed E-state index contributed by atoms with van der Waals surface area (Å²) in [6, 6.07) is 7.27. The highest BCUT2D eigenvalue weighted by Crippen LogP contribution is 2.24. The maximum Gasteiger partial charge on any atom is 0.408 e. The molecule has 172 valence electrons. The zero-order valence-corrected chi connectivity index (χ0v) is 19.8. The lowest BCUT2D eigenvalue weighted by Gasteiger charge is -2.35. The van der Waals surface area contributed by atoms with Crippen LogP contribution in [0.1, 0.15) is 60.1 Å². The minimum atomic E-state index is -0.868. The molecule has 0 heterocycles. The number of hydrogen-bond donors (Lipinski definition) is 2. The van der Waals surface area contributed by atoms with Crippen molar-refractivity contribution in [3.8, 4) is 0 Å². The van der Waals surface area contributed by atoms with Gasteiger partial charge in [0.2, 0.25) is 11.8 Å². The smallest absolute Gasteiger partial charge is 0.408 e. The molecule has 0 radical (unpaired) electrons. The lowest BCUT2D eigenvalue weighted by atomic mass is 9.98. The molecule has 0 aliphatic rings. The van der Waals surface area contributed by atoms with Crippen molar-refractivity contribution >= 4 is 17.9 Å². The van der Waals surface area contributed by atoms with Crippen LogP contribution >= 0.6 is 0 Å². The summed E-state index contributed by atoms with van der Waals surface area (Å²) in [5.74, 6) is -0.901. The number of rotatable bonds is 9. The molecule has 2 unspecified atom stereocenters. The van der Waals surface area contributed by atoms with Gasteiger partial charge in [-0.2, -0.15) is 0 Å². The molecule has 31 heavy (non-hydrogen) atoms. The highest BCUT2D eigenvalue weighted by molar-refractivity contribution is 5.92. The molecular weight excluding hydrogens is 394 g/mol. The summed E-state index contributed by atoms with van der Waals surface area (Å²) in [5, 5.41) is 5.58. The Bertz CT molecular complexity index is 754. The molecule has 7 heteroatoms. The first-order valence-electron chi connectivity index (χ1n) is 10.6. The van der Waals surface area contributed by atoms with Gasteiger partial charge in [0, 0.05) is 12.6 Å². The molecule has 0 aromatic heterocycles. The SMILES string of the molecule is C=CCN(C(=O)C(NC(=O)OC(C)(C)C)C(C)C)C(C(=O)NC(C)C)c1ccccc1. The van der Waals surface area contributed by atoms with E-state index in [-0.39, 0.29) is 30.3 Å². The van der Waals surface area contributed by atoms with Crippen LogP contribution in [-0.4, -0.2) is 47.0 Å². The van der Waals surface area contributed by atoms with E-state index in [1.54, 1.807) is 39.0 Å². The van der Waals surface area contributed by atoms with Crippen molar-refractivity contribution in [3.63, 3.8) is 0 Å². The second-order valence-corrected chi connectivity index (χ2v) is 9.12. The summed E-state index contributed by atoms with van der Waals surface area (Å²) < 4.78 is 5.33. The summed E-state index contributed by atoms with van der Waals surface area (Å²) in [5.41, 5.74) is -0.0187. The van der Waals surface area contributed by atoms with Crippen LogP contribution in [0.4, 0.5) is 4.79 Å². The van der Waals surface area contributed by atoms with E-state index >= 15 is 0 Å². The average Bonchev–Trinajstić information content (AvgIpc) is 2.64. The van der Waals surface area contributed by atoms with E-state index in [1.165, 1.54) is 4.90 Å². The largest absolute Gasteiger partial charge is 0.444 e. The van der Waals surface area contributed by atoms with Crippen molar-refractivity contribution < 1.29 is 19.1 Å². The van der Waals surface area contributed by atoms with Crippen molar-refractivity contribution in [1.29, 1.82) is 0 Å². The highest BCUT2D eigenvalue weighted by atomic mass is 16.6. The number of nitrogens with one attached hydrogen (secondary N) is 2. The van der Waals surface area contributed by atoms with Crippen LogP contribution in [-0.2, 0) is 14.3 Å². The Kier molecular flexibility index (Phi) is 9.75. The van der Waals surface area contributed by atoms with Crippen LogP contribution in [0.25, 0.3) is 0 Å². The van der Waals surface area contributed by atoms with Gasteiger partial charge in [0.15, 0.2) is 0 Å². The molecule has 1 aromatic rings. The van der Waals surface area contributed by atoms with Gasteiger partial charge in [0.05, 0.1) is 0 Å². The van der Waals surface area contributed by atoms with E-state index in [2.05, 4.69) is 17.2 Å². The van der Waals surface area contributed by atoms with Crippen molar-refractivity contribution in [1.82, 2.24) is 15.5 Å². The number of hydrogen-bond acceptors (Lipinski definition) is 4. The van der Waals surface area contributed by atoms with Crippen molar-refractivity contribution in [2.75, 3.05) is 6.54 Å². The fraction of sp³-hybridized carbons (Fsp3) is 0.542. The number of ether oxygens (including phenoxy) is 1. The first-order valence-corrected chi connectivity index (χ1v) is 10.6. The first kappa shape index (κ1) is 26.2. The van der Waals surface area contributed by atoms with Crippen LogP contribution in [0.2, 0.25) is 0 Å². The fourth-order valence-corrected chi connectivity index (χ4v) is 3.06. The third-order valence-corrected chi connectivity index (χ3v) is 4.32. The topological polar surface area (TPSA) is 87.7 Å². The minimum absolute atomic E-state index is 0.0971. The molecule has 0 spiro atoms. The number of carbonyl (C=O) groups is 3. The zero-order chi connectivity index (χ0) is 23.8. The Hall–Kier alpha value is -2.83. The number of carbonyl (C=O) groups excluding carboxylic acids is 3. The molecular formula is C24H37N3O4. The second kappa shape index (κ2) is 11.5. The van der Waals surface area contributed by atoms with E-state index in [4.69, 9.17) is 4.74 Å². The summed E-state index contributed by atoms with van der Waals surface area (Å²) in [6.45, 7) is 16.5. The highest BCUT2D eigenvalue weighted by Gasteiger charge is 2.37. The van der Waals surface area contributed by atoms with Gasteiger partial charge in [0.1, 0.15) is 17.7 Å². The Morgan fingerprint density at radius 3 is 2.10 bits per heavy atom. The predicted octanol–water partition coefficient (Wildman–Crippen LogP) is 3.82. The van der Waals surface area contributed by atoms with Gasteiger partial charge in [-0.05, 0) is 46.1 Å². The molecule has 0 saturated carbocycles. The summed E-state index contributed by atoms with van der Waals surface area (Å²) in [4.78, 5) is 40.6. The Labute approximate surface area is 186 Å². The Balaban J connectivity index is 3.33. The van der Waals surface area contributed by atoms with Gasteiger partial charge in [-0.1, -0.05) is 50.3 Å². The van der Waals surface area contributed by atoms with Crippen molar-refractivity contribution in [2.45, 2.75) is 72.2 Å². The lowest BCUT2D eigenvalue weighted by Crippen LogP contribution is -2.55. The molecule has 0 fully saturated rings. The number of benzene rings is 1. The van der Waals surface area contributed by atoms with Crippen LogP contribution in [0.15, 0.2) is 43.0 Å². The standard InChI is InChI=1S/C24H37N3O4/c1-9-15-27(20(21(28)25-17(4)5)18-13-11-10-12-14-18)22(29)19(16(2)3)26-23(30)31-24(6,7)8/h9-14,16-17,19-20H,1,15H2,2-8H3,(H,25,28)(H,26,30). The first-order chi connectivity index (χ1) is 14.4. The quantitative estimate of drug-likeness (QED) is 0.582. The van der Waals surface area contributed by atoms with Crippen molar-refractivity contribution in [2.24, 2.45) is 5.92 Å². The van der Waals surface area contributed by atoms with Gasteiger partial charge >= 0.3 is 6.09 Å².